The first-order chi connectivity index (χ1) is 15.4. The molecule has 0 bridgehead atoms. The lowest BCUT2D eigenvalue weighted by Gasteiger charge is -2.29. The first-order valence-corrected chi connectivity index (χ1v) is 11.4. The third-order valence-corrected chi connectivity index (χ3v) is 6.30. The Hall–Kier alpha value is -3.20. The van der Waals surface area contributed by atoms with Gasteiger partial charge in [-0.3, -0.25) is 4.79 Å². The molecule has 0 aliphatic carbocycles. The molecule has 9 heteroatoms. The number of hydrogen-bond donors (Lipinski definition) is 0. The highest BCUT2D eigenvalue weighted by molar-refractivity contribution is 7.99. The number of carbonyl (C=O) groups is 1. The van der Waals surface area contributed by atoms with E-state index in [1.54, 1.807) is 15.8 Å². The van der Waals surface area contributed by atoms with Gasteiger partial charge in [0.2, 0.25) is 11.9 Å². The van der Waals surface area contributed by atoms with Gasteiger partial charge in [-0.1, -0.05) is 56.8 Å². The molecule has 3 aromatic rings. The number of ether oxygens (including phenoxy) is 3. The minimum atomic E-state index is 0.00604. The molecule has 1 aromatic heterocycles. The minimum Gasteiger partial charge on any atom is -0.485 e. The van der Waals surface area contributed by atoms with Gasteiger partial charge in [-0.15, -0.1) is 10.2 Å². The van der Waals surface area contributed by atoms with E-state index < -0.39 is 0 Å². The van der Waals surface area contributed by atoms with E-state index in [0.29, 0.717) is 40.5 Å². The summed E-state index contributed by atoms with van der Waals surface area (Å²) in [5, 5.41) is 10.9. The normalized spacial score (nSPS) is 15.1. The molecule has 0 spiro atoms. The summed E-state index contributed by atoms with van der Waals surface area (Å²) in [7, 11) is 0. The minimum absolute atomic E-state index is 0.00604. The molecule has 0 fully saturated rings. The van der Waals surface area contributed by atoms with Crippen molar-refractivity contribution in [3.8, 4) is 17.2 Å². The van der Waals surface area contributed by atoms with Crippen LogP contribution in [0.25, 0.3) is 0 Å². The van der Waals surface area contributed by atoms with Crippen LogP contribution >= 0.6 is 11.8 Å². The van der Waals surface area contributed by atoms with E-state index in [2.05, 4.69) is 55.2 Å². The fraction of sp³-hybridized carbons (Fsp3) is 0.348. The molecule has 3 heterocycles. The van der Waals surface area contributed by atoms with Gasteiger partial charge in [-0.25, -0.2) is 9.69 Å². The number of fused-ring (bicyclic) bond motifs is 2. The fourth-order valence-corrected chi connectivity index (χ4v) is 4.41. The Labute approximate surface area is 190 Å². The third kappa shape index (κ3) is 4.00. The predicted octanol–water partition coefficient (Wildman–Crippen LogP) is 3.65. The Morgan fingerprint density at radius 1 is 1.06 bits per heavy atom. The second-order valence-corrected chi connectivity index (χ2v) is 9.64. The average molecular weight is 453 g/mol. The summed E-state index contributed by atoms with van der Waals surface area (Å²) in [6, 6.07) is 13.8. The van der Waals surface area contributed by atoms with Gasteiger partial charge in [0.25, 0.3) is 5.91 Å². The van der Waals surface area contributed by atoms with E-state index in [1.807, 2.05) is 12.1 Å². The van der Waals surface area contributed by atoms with Crippen LogP contribution in [0.4, 0.5) is 0 Å². The maximum atomic E-state index is 12.8. The SMILES string of the molecule is CC(C)(C)c1ccc(CN2C(=O)CSc3nnc(COc4ccc5c(c4)OCO5)n32)cc1. The lowest BCUT2D eigenvalue weighted by molar-refractivity contribution is -0.118. The Morgan fingerprint density at radius 2 is 1.84 bits per heavy atom. The molecule has 5 rings (SSSR count). The topological polar surface area (TPSA) is 78.7 Å². The molecule has 2 aliphatic heterocycles. The lowest BCUT2D eigenvalue weighted by atomic mass is 9.87. The molecule has 2 aliphatic rings. The number of nitrogens with zero attached hydrogens (tertiary/aromatic N) is 4. The zero-order valence-electron chi connectivity index (χ0n) is 18.2. The molecule has 0 unspecified atom stereocenters. The van der Waals surface area contributed by atoms with Crippen molar-refractivity contribution in [1.29, 1.82) is 0 Å². The average Bonchev–Trinajstić information content (AvgIpc) is 3.40. The quantitative estimate of drug-likeness (QED) is 0.585. The van der Waals surface area contributed by atoms with Crippen LogP contribution in [0.3, 0.4) is 0 Å². The van der Waals surface area contributed by atoms with Gasteiger partial charge in [-0.2, -0.15) is 0 Å². The van der Waals surface area contributed by atoms with Crippen LogP contribution in [-0.2, 0) is 23.4 Å². The molecular weight excluding hydrogens is 428 g/mol. The zero-order valence-corrected chi connectivity index (χ0v) is 19.0. The Bertz CT molecular complexity index is 1150. The summed E-state index contributed by atoms with van der Waals surface area (Å²) in [5.41, 5.74) is 2.38. The maximum Gasteiger partial charge on any atom is 0.252 e. The molecule has 0 radical (unpaired) electrons. The van der Waals surface area contributed by atoms with Gasteiger partial charge in [0.05, 0.1) is 12.3 Å². The molecule has 0 saturated carbocycles. The monoisotopic (exact) mass is 452 g/mol. The number of aromatic nitrogens is 3. The molecule has 2 aromatic carbocycles. The standard InChI is InChI=1S/C23H24N4O4S/c1-23(2,3)16-6-4-15(5-7-16)11-26-21(28)13-32-22-25-24-20(27(22)26)12-29-17-8-9-18-19(10-17)31-14-30-18/h4-10H,11-14H2,1-3H3. The number of benzene rings is 2. The van der Waals surface area contributed by atoms with Gasteiger partial charge in [0.1, 0.15) is 12.4 Å². The van der Waals surface area contributed by atoms with Crippen molar-refractivity contribution in [2.75, 3.05) is 17.6 Å². The number of carbonyl (C=O) groups excluding carboxylic acids is 1. The predicted molar refractivity (Wildman–Crippen MR) is 120 cm³/mol. The van der Waals surface area contributed by atoms with Gasteiger partial charge >= 0.3 is 0 Å². The highest BCUT2D eigenvalue weighted by Gasteiger charge is 2.29. The highest BCUT2D eigenvalue weighted by Crippen LogP contribution is 2.35. The van der Waals surface area contributed by atoms with Crippen LogP contribution in [0.2, 0.25) is 0 Å². The van der Waals surface area contributed by atoms with Crippen LogP contribution < -0.4 is 19.2 Å². The van der Waals surface area contributed by atoms with Crippen LogP contribution in [0, 0.1) is 0 Å². The highest BCUT2D eigenvalue weighted by atomic mass is 32.2. The first kappa shape index (κ1) is 20.7. The van der Waals surface area contributed by atoms with E-state index in [9.17, 15) is 4.79 Å². The van der Waals surface area contributed by atoms with Gasteiger partial charge in [0, 0.05) is 6.07 Å². The Morgan fingerprint density at radius 3 is 2.62 bits per heavy atom. The molecule has 0 atom stereocenters. The molecule has 0 saturated heterocycles. The van der Waals surface area contributed by atoms with E-state index in [4.69, 9.17) is 14.2 Å². The number of rotatable bonds is 5. The van der Waals surface area contributed by atoms with Crippen LogP contribution in [0.1, 0.15) is 37.7 Å². The van der Waals surface area contributed by atoms with Gasteiger partial charge < -0.3 is 14.2 Å². The van der Waals surface area contributed by atoms with Crippen molar-refractivity contribution in [2.24, 2.45) is 0 Å². The number of amides is 1. The Kier molecular flexibility index (Phi) is 5.21. The largest absolute Gasteiger partial charge is 0.485 e. The first-order valence-electron chi connectivity index (χ1n) is 10.4. The fourth-order valence-electron chi connectivity index (χ4n) is 3.59. The summed E-state index contributed by atoms with van der Waals surface area (Å²) in [5.74, 6) is 2.88. The van der Waals surface area contributed by atoms with E-state index in [-0.39, 0.29) is 24.7 Å². The second-order valence-electron chi connectivity index (χ2n) is 8.70. The maximum absolute atomic E-state index is 12.8. The van der Waals surface area contributed by atoms with Crippen molar-refractivity contribution in [3.05, 3.63) is 59.4 Å². The summed E-state index contributed by atoms with van der Waals surface area (Å²) < 4.78 is 18.4. The molecule has 0 N–H and O–H groups in total. The summed E-state index contributed by atoms with van der Waals surface area (Å²) in [6.45, 7) is 7.36. The summed E-state index contributed by atoms with van der Waals surface area (Å²) in [6.07, 6.45) is 0. The second kappa shape index (κ2) is 8.05. The van der Waals surface area contributed by atoms with E-state index >= 15 is 0 Å². The molecule has 166 valence electrons. The van der Waals surface area contributed by atoms with E-state index in [1.165, 1.54) is 17.3 Å². The van der Waals surface area contributed by atoms with Crippen molar-refractivity contribution in [3.63, 3.8) is 0 Å². The lowest BCUT2D eigenvalue weighted by Crippen LogP contribution is -2.45. The third-order valence-electron chi connectivity index (χ3n) is 5.39. The number of hydrogen-bond acceptors (Lipinski definition) is 7. The van der Waals surface area contributed by atoms with Gasteiger partial charge in [-0.05, 0) is 28.7 Å². The van der Waals surface area contributed by atoms with Crippen molar-refractivity contribution >= 4 is 17.7 Å². The van der Waals surface area contributed by atoms with Crippen molar-refractivity contribution in [2.45, 2.75) is 44.5 Å². The van der Waals surface area contributed by atoms with Gasteiger partial charge in [0.15, 0.2) is 17.3 Å². The Balaban J connectivity index is 1.35. The smallest absolute Gasteiger partial charge is 0.252 e. The molecule has 32 heavy (non-hydrogen) atoms. The van der Waals surface area contributed by atoms with Crippen LogP contribution in [-0.4, -0.2) is 33.3 Å². The van der Waals surface area contributed by atoms with Crippen LogP contribution in [0.15, 0.2) is 47.6 Å². The molecule has 8 nitrogen and oxygen atoms in total. The molecular formula is C23H24N4O4S. The van der Waals surface area contributed by atoms with Crippen molar-refractivity contribution in [1.82, 2.24) is 14.9 Å². The summed E-state index contributed by atoms with van der Waals surface area (Å²) >= 11 is 1.38. The van der Waals surface area contributed by atoms with Crippen molar-refractivity contribution < 1.29 is 19.0 Å². The van der Waals surface area contributed by atoms with E-state index in [0.717, 1.165) is 5.56 Å². The summed E-state index contributed by atoms with van der Waals surface area (Å²) in [4.78, 5) is 12.8. The van der Waals surface area contributed by atoms with Crippen LogP contribution in [0.5, 0.6) is 17.2 Å². The molecule has 1 amide bonds. The number of thioether (sulfide) groups is 1. The zero-order chi connectivity index (χ0) is 22.3.